The van der Waals surface area contributed by atoms with Crippen molar-refractivity contribution in [2.24, 2.45) is 5.41 Å². The van der Waals surface area contributed by atoms with Crippen molar-refractivity contribution in [3.05, 3.63) is 47.7 Å². The summed E-state index contributed by atoms with van der Waals surface area (Å²) in [7, 11) is 0. The molecule has 1 unspecified atom stereocenters. The Balaban J connectivity index is 1.78. The van der Waals surface area contributed by atoms with Gasteiger partial charge in [0.1, 0.15) is 5.76 Å². The van der Waals surface area contributed by atoms with Gasteiger partial charge in [0.2, 0.25) is 0 Å². The van der Waals surface area contributed by atoms with Crippen LogP contribution in [0.2, 0.25) is 0 Å². The number of hydrogen-bond donors (Lipinski definition) is 0. The number of ketones is 1. The SMILES string of the molecule is CC(CCc1ccco1)n1ccc2c1CC(C)(C)CC2=O. The zero-order chi connectivity index (χ0) is 15.0. The Bertz CT molecular complexity index is 634. The van der Waals surface area contributed by atoms with E-state index in [4.69, 9.17) is 4.42 Å². The molecule has 0 aliphatic heterocycles. The fourth-order valence-corrected chi connectivity index (χ4v) is 3.32. The van der Waals surface area contributed by atoms with E-state index < -0.39 is 0 Å². The van der Waals surface area contributed by atoms with Gasteiger partial charge in [-0.1, -0.05) is 13.8 Å². The van der Waals surface area contributed by atoms with Gasteiger partial charge in [-0.15, -0.1) is 0 Å². The second-order valence-corrected chi connectivity index (χ2v) is 6.99. The molecule has 1 atom stereocenters. The zero-order valence-electron chi connectivity index (χ0n) is 13.1. The average molecular weight is 285 g/mol. The van der Waals surface area contributed by atoms with Crippen LogP contribution in [-0.4, -0.2) is 10.4 Å². The molecule has 0 saturated carbocycles. The van der Waals surface area contributed by atoms with E-state index in [1.165, 1.54) is 5.69 Å². The number of fused-ring (bicyclic) bond motifs is 1. The number of carbonyl (C=O) groups excluding carboxylic acids is 1. The van der Waals surface area contributed by atoms with E-state index in [1.54, 1.807) is 6.26 Å². The van der Waals surface area contributed by atoms with E-state index in [2.05, 4.69) is 31.5 Å². The molecule has 0 spiro atoms. The van der Waals surface area contributed by atoms with Gasteiger partial charge in [0, 0.05) is 36.3 Å². The van der Waals surface area contributed by atoms with Crippen molar-refractivity contribution in [1.29, 1.82) is 0 Å². The Morgan fingerprint density at radius 2 is 2.14 bits per heavy atom. The Hall–Kier alpha value is -1.77. The second-order valence-electron chi connectivity index (χ2n) is 6.99. The average Bonchev–Trinajstić information content (AvgIpc) is 3.03. The van der Waals surface area contributed by atoms with E-state index in [9.17, 15) is 4.79 Å². The van der Waals surface area contributed by atoms with Crippen molar-refractivity contribution >= 4 is 5.78 Å². The van der Waals surface area contributed by atoms with Gasteiger partial charge in [0.25, 0.3) is 0 Å². The van der Waals surface area contributed by atoms with Crippen LogP contribution in [0, 0.1) is 5.41 Å². The first-order chi connectivity index (χ1) is 9.96. The molecule has 2 aromatic heterocycles. The number of nitrogens with zero attached hydrogens (tertiary/aromatic N) is 1. The molecule has 0 radical (unpaired) electrons. The van der Waals surface area contributed by atoms with E-state index in [1.807, 2.05) is 18.2 Å². The van der Waals surface area contributed by atoms with Crippen LogP contribution in [0.15, 0.2) is 35.1 Å². The van der Waals surface area contributed by atoms with Crippen molar-refractivity contribution in [1.82, 2.24) is 4.57 Å². The Labute approximate surface area is 126 Å². The van der Waals surface area contributed by atoms with E-state index in [0.717, 1.165) is 30.6 Å². The first-order valence-electron chi connectivity index (χ1n) is 7.71. The number of aromatic nitrogens is 1. The smallest absolute Gasteiger partial charge is 0.165 e. The van der Waals surface area contributed by atoms with Crippen LogP contribution in [0.4, 0.5) is 0 Å². The molecule has 2 aromatic rings. The van der Waals surface area contributed by atoms with Crippen LogP contribution in [0.1, 0.15) is 61.5 Å². The summed E-state index contributed by atoms with van der Waals surface area (Å²) in [4.78, 5) is 12.3. The van der Waals surface area contributed by atoms with Crippen LogP contribution in [-0.2, 0) is 12.8 Å². The first kappa shape index (κ1) is 14.2. The summed E-state index contributed by atoms with van der Waals surface area (Å²) in [6.45, 7) is 6.58. The molecule has 1 aliphatic carbocycles. The molecular formula is C18H23NO2. The monoisotopic (exact) mass is 285 g/mol. The molecule has 0 amide bonds. The highest BCUT2D eigenvalue weighted by Crippen LogP contribution is 2.36. The molecule has 3 heteroatoms. The molecule has 21 heavy (non-hydrogen) atoms. The number of carbonyl (C=O) groups is 1. The van der Waals surface area contributed by atoms with Gasteiger partial charge >= 0.3 is 0 Å². The fraction of sp³-hybridized carbons (Fsp3) is 0.500. The van der Waals surface area contributed by atoms with Crippen LogP contribution in [0.25, 0.3) is 0 Å². The van der Waals surface area contributed by atoms with Crippen LogP contribution >= 0.6 is 0 Å². The predicted molar refractivity (Wildman–Crippen MR) is 82.6 cm³/mol. The lowest BCUT2D eigenvalue weighted by Gasteiger charge is -2.31. The number of rotatable bonds is 4. The summed E-state index contributed by atoms with van der Waals surface area (Å²) in [6, 6.07) is 6.32. The van der Waals surface area contributed by atoms with E-state index >= 15 is 0 Å². The molecular weight excluding hydrogens is 262 g/mol. The molecule has 0 fully saturated rings. The number of furan rings is 1. The van der Waals surface area contributed by atoms with Gasteiger partial charge in [-0.25, -0.2) is 0 Å². The molecule has 0 aromatic carbocycles. The summed E-state index contributed by atoms with van der Waals surface area (Å²) in [5.74, 6) is 1.32. The lowest BCUT2D eigenvalue weighted by atomic mass is 9.76. The largest absolute Gasteiger partial charge is 0.469 e. The molecule has 0 saturated heterocycles. The van der Waals surface area contributed by atoms with Crippen molar-refractivity contribution in [2.75, 3.05) is 0 Å². The number of hydrogen-bond acceptors (Lipinski definition) is 2. The molecule has 0 bridgehead atoms. The van der Waals surface area contributed by atoms with Crippen molar-refractivity contribution < 1.29 is 9.21 Å². The first-order valence-corrected chi connectivity index (χ1v) is 7.71. The summed E-state index contributed by atoms with van der Waals surface area (Å²) in [5.41, 5.74) is 2.21. The minimum atomic E-state index is 0.0704. The van der Waals surface area contributed by atoms with E-state index in [-0.39, 0.29) is 5.41 Å². The zero-order valence-corrected chi connectivity index (χ0v) is 13.1. The Morgan fingerprint density at radius 1 is 1.33 bits per heavy atom. The van der Waals surface area contributed by atoms with Gasteiger partial charge in [-0.2, -0.15) is 0 Å². The van der Waals surface area contributed by atoms with Crippen LogP contribution < -0.4 is 0 Å². The van der Waals surface area contributed by atoms with Crippen molar-refractivity contribution in [3.8, 4) is 0 Å². The highest BCUT2D eigenvalue weighted by molar-refractivity contribution is 5.98. The van der Waals surface area contributed by atoms with Crippen LogP contribution in [0.5, 0.6) is 0 Å². The standard InChI is InChI=1S/C18H23NO2/c1-13(6-7-14-5-4-10-21-14)19-9-8-15-16(19)11-18(2,3)12-17(15)20/h4-5,8-10,13H,6-7,11-12H2,1-3H3. The fourth-order valence-electron chi connectivity index (χ4n) is 3.32. The maximum atomic E-state index is 12.3. The summed E-state index contributed by atoms with van der Waals surface area (Å²) in [6.07, 6.45) is 7.38. The van der Waals surface area contributed by atoms with Crippen molar-refractivity contribution in [3.63, 3.8) is 0 Å². The topological polar surface area (TPSA) is 35.1 Å². The van der Waals surface area contributed by atoms with Gasteiger partial charge in [0.15, 0.2) is 5.78 Å². The molecule has 0 N–H and O–H groups in total. The molecule has 3 rings (SSSR count). The maximum Gasteiger partial charge on any atom is 0.165 e. The third-order valence-electron chi connectivity index (χ3n) is 4.47. The minimum Gasteiger partial charge on any atom is -0.469 e. The third-order valence-corrected chi connectivity index (χ3v) is 4.47. The van der Waals surface area contributed by atoms with Gasteiger partial charge < -0.3 is 8.98 Å². The molecule has 1 aliphatic rings. The highest BCUT2D eigenvalue weighted by Gasteiger charge is 2.33. The van der Waals surface area contributed by atoms with E-state index in [0.29, 0.717) is 18.2 Å². The predicted octanol–water partition coefficient (Wildman–Crippen LogP) is 4.43. The van der Waals surface area contributed by atoms with Gasteiger partial charge in [-0.05, 0) is 43.4 Å². The Kier molecular flexibility index (Phi) is 3.52. The van der Waals surface area contributed by atoms with Crippen molar-refractivity contribution in [2.45, 2.75) is 52.5 Å². The quantitative estimate of drug-likeness (QED) is 0.833. The number of aryl methyl sites for hydroxylation is 1. The summed E-state index contributed by atoms with van der Waals surface area (Å²) < 4.78 is 7.69. The second kappa shape index (κ2) is 5.21. The normalized spacial score (nSPS) is 18.5. The van der Waals surface area contributed by atoms with Gasteiger partial charge in [0.05, 0.1) is 6.26 Å². The molecule has 2 heterocycles. The van der Waals surface area contributed by atoms with Crippen LogP contribution in [0.3, 0.4) is 0 Å². The molecule has 3 nitrogen and oxygen atoms in total. The minimum absolute atomic E-state index is 0.0704. The lowest BCUT2D eigenvalue weighted by Crippen LogP contribution is -2.28. The lowest BCUT2D eigenvalue weighted by molar-refractivity contribution is 0.0909. The summed E-state index contributed by atoms with van der Waals surface area (Å²) in [5, 5.41) is 0. The summed E-state index contributed by atoms with van der Waals surface area (Å²) >= 11 is 0. The van der Waals surface area contributed by atoms with Gasteiger partial charge in [-0.3, -0.25) is 4.79 Å². The highest BCUT2D eigenvalue weighted by atomic mass is 16.3. The number of Topliss-reactive ketones (excluding diaryl/α,β-unsaturated/α-hetero) is 1. The maximum absolute atomic E-state index is 12.3. The Morgan fingerprint density at radius 3 is 2.86 bits per heavy atom. The molecule has 112 valence electrons. The third kappa shape index (κ3) is 2.82.